The molecule has 3 rings (SSSR count). The van der Waals surface area contributed by atoms with Crippen LogP contribution in [-0.2, 0) is 4.74 Å². The van der Waals surface area contributed by atoms with Gasteiger partial charge in [-0.15, -0.1) is 5.10 Å². The standard InChI is InChI=1S/C13H15N5O2/c1-10-8-17(5-6-20-10)13(19)11-3-2-4-12(7-11)18-9-14-15-16-18/h2-4,7,9-10H,5-6,8H2,1H3/t10-/m1/s1. The molecule has 1 aliphatic rings. The topological polar surface area (TPSA) is 73.1 Å². The third-order valence-corrected chi connectivity index (χ3v) is 3.23. The van der Waals surface area contributed by atoms with E-state index in [1.165, 1.54) is 11.0 Å². The highest BCUT2D eigenvalue weighted by Gasteiger charge is 2.22. The Balaban J connectivity index is 1.83. The van der Waals surface area contributed by atoms with Gasteiger partial charge in [-0.2, -0.15) is 0 Å². The summed E-state index contributed by atoms with van der Waals surface area (Å²) in [6.07, 6.45) is 1.58. The van der Waals surface area contributed by atoms with Crippen LogP contribution in [0.1, 0.15) is 17.3 Å². The summed E-state index contributed by atoms with van der Waals surface area (Å²) >= 11 is 0. The van der Waals surface area contributed by atoms with Gasteiger partial charge < -0.3 is 9.64 Å². The number of carbonyl (C=O) groups is 1. The molecule has 104 valence electrons. The number of ether oxygens (including phenoxy) is 1. The Morgan fingerprint density at radius 3 is 3.10 bits per heavy atom. The first-order chi connectivity index (χ1) is 9.74. The number of aromatic nitrogens is 4. The van der Waals surface area contributed by atoms with Crippen LogP contribution in [0.15, 0.2) is 30.6 Å². The average Bonchev–Trinajstić information content (AvgIpc) is 3.01. The zero-order valence-corrected chi connectivity index (χ0v) is 11.1. The van der Waals surface area contributed by atoms with Crippen molar-refractivity contribution >= 4 is 5.91 Å². The van der Waals surface area contributed by atoms with Crippen molar-refractivity contribution in [2.24, 2.45) is 0 Å². The van der Waals surface area contributed by atoms with Gasteiger partial charge in [-0.05, 0) is 35.5 Å². The molecule has 2 aromatic rings. The summed E-state index contributed by atoms with van der Waals surface area (Å²) in [6, 6.07) is 7.28. The molecule has 1 aromatic heterocycles. The van der Waals surface area contributed by atoms with Crippen molar-refractivity contribution in [3.63, 3.8) is 0 Å². The van der Waals surface area contributed by atoms with E-state index in [-0.39, 0.29) is 12.0 Å². The van der Waals surface area contributed by atoms with Crippen molar-refractivity contribution in [1.29, 1.82) is 0 Å². The van der Waals surface area contributed by atoms with Crippen molar-refractivity contribution in [2.75, 3.05) is 19.7 Å². The molecule has 1 aromatic carbocycles. The number of amides is 1. The first-order valence-electron chi connectivity index (χ1n) is 6.48. The van der Waals surface area contributed by atoms with E-state index in [2.05, 4.69) is 15.5 Å². The molecule has 0 aliphatic carbocycles. The molecule has 7 nitrogen and oxygen atoms in total. The molecule has 1 saturated heterocycles. The quantitative estimate of drug-likeness (QED) is 0.797. The number of tetrazole rings is 1. The van der Waals surface area contributed by atoms with Crippen LogP contribution in [-0.4, -0.2) is 56.8 Å². The fraction of sp³-hybridized carbons (Fsp3) is 0.385. The summed E-state index contributed by atoms with van der Waals surface area (Å²) in [5.74, 6) is 0.00933. The number of hydrogen-bond donors (Lipinski definition) is 0. The monoisotopic (exact) mass is 273 g/mol. The Morgan fingerprint density at radius 1 is 1.45 bits per heavy atom. The van der Waals surface area contributed by atoms with Crippen LogP contribution in [0, 0.1) is 0 Å². The molecule has 1 atom stereocenters. The van der Waals surface area contributed by atoms with E-state index in [4.69, 9.17) is 4.74 Å². The fourth-order valence-corrected chi connectivity index (χ4v) is 2.25. The van der Waals surface area contributed by atoms with Crippen LogP contribution in [0.25, 0.3) is 5.69 Å². The summed E-state index contributed by atoms with van der Waals surface area (Å²) in [7, 11) is 0. The summed E-state index contributed by atoms with van der Waals surface area (Å²) in [5, 5.41) is 11.0. The van der Waals surface area contributed by atoms with Crippen molar-refractivity contribution in [2.45, 2.75) is 13.0 Å². The number of rotatable bonds is 2. The highest BCUT2D eigenvalue weighted by molar-refractivity contribution is 5.94. The summed E-state index contributed by atoms with van der Waals surface area (Å²) < 4.78 is 6.98. The fourth-order valence-electron chi connectivity index (χ4n) is 2.25. The predicted octanol–water partition coefficient (Wildman–Crippen LogP) is 0.523. The predicted molar refractivity (Wildman–Crippen MR) is 70.5 cm³/mol. The first kappa shape index (κ1) is 12.7. The highest BCUT2D eigenvalue weighted by Crippen LogP contribution is 2.13. The third kappa shape index (κ3) is 2.53. The first-order valence-corrected chi connectivity index (χ1v) is 6.48. The largest absolute Gasteiger partial charge is 0.375 e. The van der Waals surface area contributed by atoms with E-state index in [0.717, 1.165) is 5.69 Å². The lowest BCUT2D eigenvalue weighted by atomic mass is 10.1. The average molecular weight is 273 g/mol. The summed E-state index contributed by atoms with van der Waals surface area (Å²) in [6.45, 7) is 3.79. The van der Waals surface area contributed by atoms with Crippen LogP contribution < -0.4 is 0 Å². The van der Waals surface area contributed by atoms with E-state index in [0.29, 0.717) is 25.3 Å². The molecule has 0 spiro atoms. The Hall–Kier alpha value is -2.28. The Morgan fingerprint density at radius 2 is 2.35 bits per heavy atom. The lowest BCUT2D eigenvalue weighted by molar-refractivity contribution is -0.0124. The minimum Gasteiger partial charge on any atom is -0.375 e. The third-order valence-electron chi connectivity index (χ3n) is 3.23. The van der Waals surface area contributed by atoms with Gasteiger partial charge in [0.25, 0.3) is 5.91 Å². The molecular formula is C13H15N5O2. The van der Waals surface area contributed by atoms with Gasteiger partial charge in [0.15, 0.2) is 0 Å². The molecule has 2 heterocycles. The van der Waals surface area contributed by atoms with Gasteiger partial charge in [-0.3, -0.25) is 4.79 Å². The van der Waals surface area contributed by atoms with Gasteiger partial charge in [-0.25, -0.2) is 4.68 Å². The number of benzene rings is 1. The zero-order chi connectivity index (χ0) is 13.9. The van der Waals surface area contributed by atoms with Crippen LogP contribution in [0.2, 0.25) is 0 Å². The van der Waals surface area contributed by atoms with Crippen LogP contribution >= 0.6 is 0 Å². The molecular weight excluding hydrogens is 258 g/mol. The Bertz CT molecular complexity index is 599. The number of hydrogen-bond acceptors (Lipinski definition) is 5. The van der Waals surface area contributed by atoms with Crippen molar-refractivity contribution in [3.8, 4) is 5.69 Å². The maximum absolute atomic E-state index is 12.5. The second-order valence-electron chi connectivity index (χ2n) is 4.74. The van der Waals surface area contributed by atoms with Crippen molar-refractivity contribution in [1.82, 2.24) is 25.1 Å². The number of carbonyl (C=O) groups excluding carboxylic acids is 1. The van der Waals surface area contributed by atoms with Gasteiger partial charge >= 0.3 is 0 Å². The molecule has 0 bridgehead atoms. The lowest BCUT2D eigenvalue weighted by Crippen LogP contribution is -2.44. The van der Waals surface area contributed by atoms with Crippen molar-refractivity contribution in [3.05, 3.63) is 36.2 Å². The van der Waals surface area contributed by atoms with Crippen LogP contribution in [0.4, 0.5) is 0 Å². The number of nitrogens with zero attached hydrogens (tertiary/aromatic N) is 5. The minimum atomic E-state index is 0.00933. The van der Waals surface area contributed by atoms with Gasteiger partial charge in [0, 0.05) is 18.7 Å². The van der Waals surface area contributed by atoms with Gasteiger partial charge in [0.2, 0.25) is 0 Å². The molecule has 0 N–H and O–H groups in total. The molecule has 0 radical (unpaired) electrons. The van der Waals surface area contributed by atoms with E-state index >= 15 is 0 Å². The molecule has 1 fully saturated rings. The highest BCUT2D eigenvalue weighted by atomic mass is 16.5. The Kier molecular flexibility index (Phi) is 3.42. The van der Waals surface area contributed by atoms with Gasteiger partial charge in [0.1, 0.15) is 6.33 Å². The second-order valence-corrected chi connectivity index (χ2v) is 4.74. The molecule has 20 heavy (non-hydrogen) atoms. The zero-order valence-electron chi connectivity index (χ0n) is 11.1. The summed E-state index contributed by atoms with van der Waals surface area (Å²) in [4.78, 5) is 14.3. The van der Waals surface area contributed by atoms with Gasteiger partial charge in [-0.1, -0.05) is 6.07 Å². The summed E-state index contributed by atoms with van der Waals surface area (Å²) in [5.41, 5.74) is 1.40. The maximum Gasteiger partial charge on any atom is 0.254 e. The van der Waals surface area contributed by atoms with Crippen molar-refractivity contribution < 1.29 is 9.53 Å². The smallest absolute Gasteiger partial charge is 0.254 e. The number of morpholine rings is 1. The van der Waals surface area contributed by atoms with Crippen LogP contribution in [0.5, 0.6) is 0 Å². The molecule has 1 amide bonds. The lowest BCUT2D eigenvalue weighted by Gasteiger charge is -2.31. The minimum absolute atomic E-state index is 0.00933. The molecule has 0 saturated carbocycles. The molecule has 0 unspecified atom stereocenters. The second kappa shape index (κ2) is 5.38. The van der Waals surface area contributed by atoms with E-state index in [1.54, 1.807) is 12.1 Å². The Labute approximate surface area is 116 Å². The van der Waals surface area contributed by atoms with E-state index in [1.807, 2.05) is 24.0 Å². The van der Waals surface area contributed by atoms with E-state index < -0.39 is 0 Å². The molecule has 7 heteroatoms. The normalized spacial score (nSPS) is 19.1. The van der Waals surface area contributed by atoms with Crippen LogP contribution in [0.3, 0.4) is 0 Å². The van der Waals surface area contributed by atoms with Gasteiger partial charge in [0.05, 0.1) is 18.4 Å². The van der Waals surface area contributed by atoms with E-state index in [9.17, 15) is 4.79 Å². The SMILES string of the molecule is C[C@@H]1CN(C(=O)c2cccc(-n3cnnn3)c2)CCO1. The molecule has 1 aliphatic heterocycles. The maximum atomic E-state index is 12.5.